The van der Waals surface area contributed by atoms with Crippen LogP contribution in [0.5, 0.6) is 0 Å². The maximum atomic E-state index is 6.06. The molecule has 0 aromatic carbocycles. The lowest BCUT2D eigenvalue weighted by molar-refractivity contribution is 0.0503. The monoisotopic (exact) mass is 236 g/mol. The molecule has 17 heavy (non-hydrogen) atoms. The van der Waals surface area contributed by atoms with E-state index in [1.165, 1.54) is 25.7 Å². The fraction of sp³-hybridized carbons (Fsp3) is 0.714. The van der Waals surface area contributed by atoms with Gasteiger partial charge in [0.1, 0.15) is 5.76 Å². The predicted octanol–water partition coefficient (Wildman–Crippen LogP) is 2.62. The maximum Gasteiger partial charge on any atom is 0.117 e. The highest BCUT2D eigenvalue weighted by Gasteiger charge is 2.37. The topological polar surface area (TPSA) is 42.4 Å². The molecule has 3 heteroatoms. The molecular formula is C14H24N2O. The molecule has 0 saturated heterocycles. The minimum absolute atomic E-state index is 0.171. The summed E-state index contributed by atoms with van der Waals surface area (Å²) in [6, 6.07) is 3.98. The van der Waals surface area contributed by atoms with Gasteiger partial charge < -0.3 is 10.2 Å². The molecule has 2 rings (SSSR count). The van der Waals surface area contributed by atoms with Crippen LogP contribution in [-0.4, -0.2) is 24.0 Å². The summed E-state index contributed by atoms with van der Waals surface area (Å²) >= 11 is 0. The smallest absolute Gasteiger partial charge is 0.117 e. The molecule has 0 amide bonds. The third kappa shape index (κ3) is 2.72. The molecule has 1 aromatic heterocycles. The van der Waals surface area contributed by atoms with E-state index < -0.39 is 0 Å². The number of rotatable bonds is 4. The predicted molar refractivity (Wildman–Crippen MR) is 69.6 cm³/mol. The van der Waals surface area contributed by atoms with Crippen LogP contribution < -0.4 is 5.73 Å². The number of nitrogens with zero attached hydrogens (tertiary/aromatic N) is 1. The molecule has 2 atom stereocenters. The summed E-state index contributed by atoms with van der Waals surface area (Å²) in [4.78, 5) is 2.39. The molecule has 0 radical (unpaired) electrons. The lowest BCUT2D eigenvalue weighted by Crippen LogP contribution is -2.54. The Bertz CT molecular complexity index is 336. The zero-order valence-corrected chi connectivity index (χ0v) is 11.0. The first-order valence-electron chi connectivity index (χ1n) is 6.60. The van der Waals surface area contributed by atoms with Crippen LogP contribution >= 0.6 is 0 Å². The standard InChI is InChI=1S/C14H24N2O/c1-12-5-3-7-14(9-12,11-15)16(2)10-13-6-4-8-17-13/h4,6,8,12H,3,5,7,9-11,15H2,1-2H3. The maximum absolute atomic E-state index is 6.06. The van der Waals surface area contributed by atoms with Gasteiger partial charge in [-0.25, -0.2) is 0 Å². The molecular weight excluding hydrogens is 212 g/mol. The Kier molecular flexibility index (Phi) is 3.89. The first kappa shape index (κ1) is 12.7. The fourth-order valence-corrected chi connectivity index (χ4v) is 3.12. The highest BCUT2D eigenvalue weighted by molar-refractivity contribution is 5.01. The summed E-state index contributed by atoms with van der Waals surface area (Å²) in [7, 11) is 2.17. The summed E-state index contributed by atoms with van der Waals surface area (Å²) in [5, 5.41) is 0. The molecule has 1 aliphatic rings. The van der Waals surface area contributed by atoms with Crippen LogP contribution in [0.1, 0.15) is 38.4 Å². The highest BCUT2D eigenvalue weighted by Crippen LogP contribution is 2.36. The van der Waals surface area contributed by atoms with E-state index in [1.807, 2.05) is 12.1 Å². The second-order valence-corrected chi connectivity index (χ2v) is 5.57. The lowest BCUT2D eigenvalue weighted by atomic mass is 9.75. The summed E-state index contributed by atoms with van der Waals surface area (Å²) in [5.41, 5.74) is 6.23. The first-order chi connectivity index (χ1) is 8.16. The zero-order chi connectivity index (χ0) is 12.3. The molecule has 1 saturated carbocycles. The molecule has 0 spiro atoms. The second-order valence-electron chi connectivity index (χ2n) is 5.57. The van der Waals surface area contributed by atoms with Gasteiger partial charge >= 0.3 is 0 Å². The summed E-state index contributed by atoms with van der Waals surface area (Å²) in [6.07, 6.45) is 6.80. The Morgan fingerprint density at radius 3 is 3.00 bits per heavy atom. The van der Waals surface area contributed by atoms with Gasteiger partial charge in [0, 0.05) is 12.1 Å². The van der Waals surface area contributed by atoms with Crippen molar-refractivity contribution in [3.05, 3.63) is 24.2 Å². The molecule has 2 unspecified atom stereocenters. The quantitative estimate of drug-likeness (QED) is 0.874. The highest BCUT2D eigenvalue weighted by atomic mass is 16.3. The van der Waals surface area contributed by atoms with Crippen LogP contribution in [0.2, 0.25) is 0 Å². The van der Waals surface area contributed by atoms with E-state index in [-0.39, 0.29) is 5.54 Å². The van der Waals surface area contributed by atoms with Gasteiger partial charge in [0.15, 0.2) is 0 Å². The van der Waals surface area contributed by atoms with E-state index >= 15 is 0 Å². The Morgan fingerprint density at radius 1 is 1.59 bits per heavy atom. The molecule has 0 bridgehead atoms. The lowest BCUT2D eigenvalue weighted by Gasteiger charge is -2.45. The van der Waals surface area contributed by atoms with Crippen molar-refractivity contribution in [3.63, 3.8) is 0 Å². The van der Waals surface area contributed by atoms with E-state index in [9.17, 15) is 0 Å². The molecule has 1 heterocycles. The third-order valence-electron chi connectivity index (χ3n) is 4.23. The summed E-state index contributed by atoms with van der Waals surface area (Å²) in [6.45, 7) is 3.94. The van der Waals surface area contributed by atoms with Crippen molar-refractivity contribution >= 4 is 0 Å². The van der Waals surface area contributed by atoms with E-state index in [0.29, 0.717) is 0 Å². The largest absolute Gasteiger partial charge is 0.468 e. The average molecular weight is 236 g/mol. The van der Waals surface area contributed by atoms with Gasteiger partial charge in [-0.3, -0.25) is 4.90 Å². The minimum atomic E-state index is 0.171. The Labute approximate surface area is 104 Å². The van der Waals surface area contributed by atoms with Gasteiger partial charge in [-0.2, -0.15) is 0 Å². The SMILES string of the molecule is CC1CCCC(CN)(N(C)Cc2ccco2)C1. The Balaban J connectivity index is 2.06. The van der Waals surface area contributed by atoms with Crippen LogP contribution in [-0.2, 0) is 6.54 Å². The molecule has 1 aromatic rings. The molecule has 3 nitrogen and oxygen atoms in total. The van der Waals surface area contributed by atoms with Gasteiger partial charge in [0.25, 0.3) is 0 Å². The van der Waals surface area contributed by atoms with Crippen LogP contribution in [0.3, 0.4) is 0 Å². The molecule has 96 valence electrons. The van der Waals surface area contributed by atoms with E-state index in [1.54, 1.807) is 6.26 Å². The van der Waals surface area contributed by atoms with Crippen LogP contribution in [0.25, 0.3) is 0 Å². The van der Waals surface area contributed by atoms with E-state index in [4.69, 9.17) is 10.2 Å². The molecule has 1 aliphatic carbocycles. The van der Waals surface area contributed by atoms with Gasteiger partial charge in [-0.15, -0.1) is 0 Å². The van der Waals surface area contributed by atoms with Gasteiger partial charge in [-0.05, 0) is 37.9 Å². The molecule has 2 N–H and O–H groups in total. The number of hydrogen-bond acceptors (Lipinski definition) is 3. The van der Waals surface area contributed by atoms with Crippen molar-refractivity contribution in [2.45, 2.75) is 44.7 Å². The zero-order valence-electron chi connectivity index (χ0n) is 11.0. The fourth-order valence-electron chi connectivity index (χ4n) is 3.12. The molecule has 1 fully saturated rings. The van der Waals surface area contributed by atoms with Crippen LogP contribution in [0, 0.1) is 5.92 Å². The van der Waals surface area contributed by atoms with Crippen molar-refractivity contribution in [1.82, 2.24) is 4.90 Å². The van der Waals surface area contributed by atoms with E-state index in [0.717, 1.165) is 24.8 Å². The first-order valence-corrected chi connectivity index (χ1v) is 6.60. The Morgan fingerprint density at radius 2 is 2.41 bits per heavy atom. The van der Waals surface area contributed by atoms with Crippen molar-refractivity contribution in [2.75, 3.05) is 13.6 Å². The van der Waals surface area contributed by atoms with Gasteiger partial charge in [0.05, 0.1) is 12.8 Å². The number of nitrogens with two attached hydrogens (primary N) is 1. The number of hydrogen-bond donors (Lipinski definition) is 1. The van der Waals surface area contributed by atoms with Crippen LogP contribution in [0.15, 0.2) is 22.8 Å². The van der Waals surface area contributed by atoms with Crippen molar-refractivity contribution in [1.29, 1.82) is 0 Å². The second kappa shape index (κ2) is 5.23. The Hall–Kier alpha value is -0.800. The summed E-state index contributed by atoms with van der Waals surface area (Å²) < 4.78 is 5.43. The average Bonchev–Trinajstić information content (AvgIpc) is 2.81. The number of likely N-dealkylation sites (N-methyl/N-ethyl adjacent to an activating group) is 1. The normalized spacial score (nSPS) is 29.8. The van der Waals surface area contributed by atoms with Crippen molar-refractivity contribution in [2.24, 2.45) is 11.7 Å². The van der Waals surface area contributed by atoms with Crippen molar-refractivity contribution in [3.8, 4) is 0 Å². The minimum Gasteiger partial charge on any atom is -0.468 e. The van der Waals surface area contributed by atoms with Gasteiger partial charge in [0.2, 0.25) is 0 Å². The van der Waals surface area contributed by atoms with E-state index in [2.05, 4.69) is 18.9 Å². The van der Waals surface area contributed by atoms with Crippen LogP contribution in [0.4, 0.5) is 0 Å². The van der Waals surface area contributed by atoms with Crippen molar-refractivity contribution < 1.29 is 4.42 Å². The third-order valence-corrected chi connectivity index (χ3v) is 4.23. The van der Waals surface area contributed by atoms with Gasteiger partial charge in [-0.1, -0.05) is 19.8 Å². The molecule has 0 aliphatic heterocycles. The number of furan rings is 1. The summed E-state index contributed by atoms with van der Waals surface area (Å²) in [5.74, 6) is 1.81.